The first-order valence-corrected chi connectivity index (χ1v) is 6.22. The molecule has 0 aliphatic carbocycles. The highest BCUT2D eigenvalue weighted by Crippen LogP contribution is 2.22. The predicted octanol–water partition coefficient (Wildman–Crippen LogP) is 3.27. The molecule has 5 heteroatoms. The molecular weight excluding hydrogens is 243 g/mol. The van der Waals surface area contributed by atoms with Crippen LogP contribution in [0.5, 0.6) is 0 Å². The summed E-state index contributed by atoms with van der Waals surface area (Å²) in [5, 5.41) is 6.12. The fourth-order valence-corrected chi connectivity index (χ4v) is 1.73. The van der Waals surface area contributed by atoms with Crippen LogP contribution in [0.25, 0.3) is 0 Å². The fourth-order valence-electron chi connectivity index (χ4n) is 1.73. The molecule has 0 unspecified atom stereocenters. The smallest absolute Gasteiger partial charge is 0.136 e. The van der Waals surface area contributed by atoms with Crippen LogP contribution in [0.2, 0.25) is 0 Å². The van der Waals surface area contributed by atoms with Crippen LogP contribution in [0.15, 0.2) is 24.3 Å². The minimum absolute atomic E-state index is 0.233. The van der Waals surface area contributed by atoms with Crippen molar-refractivity contribution in [1.29, 1.82) is 0 Å². The lowest BCUT2D eigenvalue weighted by Gasteiger charge is -2.11. The van der Waals surface area contributed by atoms with Gasteiger partial charge < -0.3 is 10.6 Å². The van der Waals surface area contributed by atoms with Crippen LogP contribution in [-0.2, 0) is 6.42 Å². The van der Waals surface area contributed by atoms with E-state index in [1.54, 1.807) is 26.1 Å². The van der Waals surface area contributed by atoms with E-state index in [1.165, 1.54) is 6.07 Å². The largest absolute Gasteiger partial charge is 0.373 e. The van der Waals surface area contributed by atoms with Crippen LogP contribution in [0, 0.1) is 12.7 Å². The second-order valence-electron chi connectivity index (χ2n) is 4.20. The zero-order valence-corrected chi connectivity index (χ0v) is 11.3. The Balaban J connectivity index is 2.34. The lowest BCUT2D eigenvalue weighted by atomic mass is 10.2. The molecule has 2 N–H and O–H groups in total. The summed E-state index contributed by atoms with van der Waals surface area (Å²) < 4.78 is 13.5. The van der Waals surface area contributed by atoms with Crippen molar-refractivity contribution in [3.8, 4) is 0 Å². The Kier molecular flexibility index (Phi) is 3.94. The number of hydrogen-bond acceptors (Lipinski definition) is 4. The van der Waals surface area contributed by atoms with Gasteiger partial charge in [0, 0.05) is 30.8 Å². The van der Waals surface area contributed by atoms with Gasteiger partial charge in [0.2, 0.25) is 0 Å². The number of aryl methyl sites for hydroxylation is 1. The molecule has 0 fully saturated rings. The lowest BCUT2D eigenvalue weighted by molar-refractivity contribution is 0.619. The van der Waals surface area contributed by atoms with E-state index in [1.807, 2.05) is 13.0 Å². The molecule has 0 spiro atoms. The lowest BCUT2D eigenvalue weighted by Crippen LogP contribution is -2.04. The highest BCUT2D eigenvalue weighted by molar-refractivity contribution is 5.62. The van der Waals surface area contributed by atoms with Gasteiger partial charge in [-0.25, -0.2) is 14.4 Å². The molecule has 0 saturated carbocycles. The van der Waals surface area contributed by atoms with Crippen LogP contribution in [0.1, 0.15) is 18.3 Å². The maximum absolute atomic E-state index is 13.5. The second kappa shape index (κ2) is 5.65. The summed E-state index contributed by atoms with van der Waals surface area (Å²) in [5.41, 5.74) is 1.29. The number of rotatable bonds is 4. The van der Waals surface area contributed by atoms with Crippen molar-refractivity contribution in [2.24, 2.45) is 0 Å². The van der Waals surface area contributed by atoms with Crippen molar-refractivity contribution in [1.82, 2.24) is 9.97 Å². The number of halogens is 1. The molecule has 1 aromatic carbocycles. The van der Waals surface area contributed by atoms with E-state index in [9.17, 15) is 4.39 Å². The van der Waals surface area contributed by atoms with Crippen molar-refractivity contribution < 1.29 is 4.39 Å². The van der Waals surface area contributed by atoms with Gasteiger partial charge in [0.25, 0.3) is 0 Å². The summed E-state index contributed by atoms with van der Waals surface area (Å²) in [6, 6.07) is 6.73. The quantitative estimate of drug-likeness (QED) is 0.885. The van der Waals surface area contributed by atoms with E-state index >= 15 is 0 Å². The highest BCUT2D eigenvalue weighted by atomic mass is 19.1. The highest BCUT2D eigenvalue weighted by Gasteiger charge is 2.06. The number of benzene rings is 1. The minimum atomic E-state index is -0.233. The second-order valence-corrected chi connectivity index (χ2v) is 4.20. The van der Waals surface area contributed by atoms with Crippen molar-refractivity contribution in [2.45, 2.75) is 20.3 Å². The first-order valence-electron chi connectivity index (χ1n) is 6.22. The standard InChI is InChI=1S/C14H17FN4/c1-4-12-18-13(16-3)8-14(19-12)17-11-7-5-6-10(15)9(11)2/h5-8H,4H2,1-3H3,(H2,16,17,18,19). The predicted molar refractivity (Wildman–Crippen MR) is 75.4 cm³/mol. The molecule has 0 bridgehead atoms. The zero-order valence-electron chi connectivity index (χ0n) is 11.3. The molecule has 2 rings (SSSR count). The monoisotopic (exact) mass is 260 g/mol. The SMILES string of the molecule is CCc1nc(NC)cc(Nc2cccc(F)c2C)n1. The topological polar surface area (TPSA) is 49.8 Å². The summed E-state index contributed by atoms with van der Waals surface area (Å²) in [5.74, 6) is 1.90. The average molecular weight is 260 g/mol. The summed E-state index contributed by atoms with van der Waals surface area (Å²) in [7, 11) is 1.80. The van der Waals surface area contributed by atoms with Crippen molar-refractivity contribution >= 4 is 17.3 Å². The summed E-state index contributed by atoms with van der Waals surface area (Å²) in [6.07, 6.45) is 0.742. The molecule has 1 aromatic heterocycles. The normalized spacial score (nSPS) is 10.3. The van der Waals surface area contributed by atoms with Gasteiger partial charge in [-0.05, 0) is 19.1 Å². The number of nitrogens with zero attached hydrogens (tertiary/aromatic N) is 2. The summed E-state index contributed by atoms with van der Waals surface area (Å²) in [4.78, 5) is 8.70. The summed E-state index contributed by atoms with van der Waals surface area (Å²) in [6.45, 7) is 3.73. The third-order valence-electron chi connectivity index (χ3n) is 2.88. The molecule has 19 heavy (non-hydrogen) atoms. The van der Waals surface area contributed by atoms with Crippen LogP contribution in [0.4, 0.5) is 21.7 Å². The molecular formula is C14H17FN4. The van der Waals surface area contributed by atoms with E-state index in [0.717, 1.165) is 18.1 Å². The number of nitrogens with one attached hydrogen (secondary N) is 2. The molecule has 0 saturated heterocycles. The van der Waals surface area contributed by atoms with Gasteiger partial charge in [0.15, 0.2) is 0 Å². The van der Waals surface area contributed by atoms with Gasteiger partial charge in [-0.1, -0.05) is 13.0 Å². The van der Waals surface area contributed by atoms with Crippen LogP contribution in [0.3, 0.4) is 0 Å². The zero-order chi connectivity index (χ0) is 13.8. The number of aromatic nitrogens is 2. The third kappa shape index (κ3) is 2.99. The Morgan fingerprint density at radius 3 is 2.63 bits per heavy atom. The molecule has 1 heterocycles. The molecule has 4 nitrogen and oxygen atoms in total. The van der Waals surface area contributed by atoms with Crippen molar-refractivity contribution in [3.63, 3.8) is 0 Å². The van der Waals surface area contributed by atoms with Gasteiger partial charge in [-0.15, -0.1) is 0 Å². The van der Waals surface area contributed by atoms with Gasteiger partial charge >= 0.3 is 0 Å². The molecule has 100 valence electrons. The molecule has 0 aliphatic heterocycles. The fraction of sp³-hybridized carbons (Fsp3) is 0.286. The van der Waals surface area contributed by atoms with Gasteiger partial charge in [-0.3, -0.25) is 0 Å². The molecule has 0 atom stereocenters. The van der Waals surface area contributed by atoms with E-state index < -0.39 is 0 Å². The first kappa shape index (κ1) is 13.3. The molecule has 0 radical (unpaired) electrons. The Labute approximate surface area is 112 Å². The third-order valence-corrected chi connectivity index (χ3v) is 2.88. The first-order chi connectivity index (χ1) is 9.13. The maximum atomic E-state index is 13.5. The van der Waals surface area contributed by atoms with Crippen LogP contribution in [-0.4, -0.2) is 17.0 Å². The average Bonchev–Trinajstić information content (AvgIpc) is 2.43. The van der Waals surface area contributed by atoms with Crippen LogP contribution < -0.4 is 10.6 Å². The Morgan fingerprint density at radius 2 is 1.95 bits per heavy atom. The van der Waals surface area contributed by atoms with E-state index in [0.29, 0.717) is 17.1 Å². The summed E-state index contributed by atoms with van der Waals surface area (Å²) >= 11 is 0. The van der Waals surface area contributed by atoms with E-state index in [2.05, 4.69) is 20.6 Å². The van der Waals surface area contributed by atoms with Gasteiger partial charge in [0.1, 0.15) is 23.3 Å². The van der Waals surface area contributed by atoms with Crippen molar-refractivity contribution in [3.05, 3.63) is 41.5 Å². The Bertz CT molecular complexity index is 561. The molecule has 0 aliphatic rings. The minimum Gasteiger partial charge on any atom is -0.373 e. The Morgan fingerprint density at radius 1 is 1.21 bits per heavy atom. The van der Waals surface area contributed by atoms with Gasteiger partial charge in [-0.2, -0.15) is 0 Å². The van der Waals surface area contributed by atoms with E-state index in [-0.39, 0.29) is 5.82 Å². The Hall–Kier alpha value is -2.17. The number of anilines is 3. The van der Waals surface area contributed by atoms with E-state index in [4.69, 9.17) is 0 Å². The van der Waals surface area contributed by atoms with Gasteiger partial charge in [0.05, 0.1) is 0 Å². The molecule has 2 aromatic rings. The molecule has 0 amide bonds. The van der Waals surface area contributed by atoms with Crippen molar-refractivity contribution in [2.75, 3.05) is 17.7 Å². The number of hydrogen-bond donors (Lipinski definition) is 2. The maximum Gasteiger partial charge on any atom is 0.136 e. The van der Waals surface area contributed by atoms with Crippen LogP contribution >= 0.6 is 0 Å².